The van der Waals surface area contributed by atoms with E-state index in [2.05, 4.69) is 10.5 Å². The zero-order valence-corrected chi connectivity index (χ0v) is 14.5. The van der Waals surface area contributed by atoms with Crippen molar-refractivity contribution < 1.29 is 23.6 Å². The number of carbonyl (C=O) groups excluding carboxylic acids is 3. The van der Waals surface area contributed by atoms with Gasteiger partial charge in [0.05, 0.1) is 0 Å². The van der Waals surface area contributed by atoms with Crippen LogP contribution >= 0.6 is 0 Å². The van der Waals surface area contributed by atoms with Crippen molar-refractivity contribution in [2.75, 3.05) is 6.54 Å². The number of nitrogens with one attached hydrogen (secondary N) is 1. The number of rotatable bonds is 6. The Hall–Kier alpha value is -3.16. The second kappa shape index (κ2) is 6.99. The van der Waals surface area contributed by atoms with Gasteiger partial charge in [-0.2, -0.15) is 0 Å². The summed E-state index contributed by atoms with van der Waals surface area (Å²) >= 11 is 0. The molecule has 0 radical (unpaired) electrons. The molecule has 1 aliphatic heterocycles. The van der Waals surface area contributed by atoms with Gasteiger partial charge in [0.1, 0.15) is 30.1 Å². The lowest BCUT2D eigenvalue weighted by atomic mass is 9.87. The van der Waals surface area contributed by atoms with E-state index in [-0.39, 0.29) is 6.61 Å². The van der Waals surface area contributed by atoms with Crippen molar-refractivity contribution in [3.63, 3.8) is 0 Å². The van der Waals surface area contributed by atoms with Gasteiger partial charge in [0.2, 0.25) is 0 Å². The lowest BCUT2D eigenvalue weighted by molar-refractivity contribution is -0.149. The van der Waals surface area contributed by atoms with Gasteiger partial charge in [0, 0.05) is 6.07 Å². The van der Waals surface area contributed by atoms with E-state index in [4.69, 9.17) is 9.26 Å². The number of esters is 1. The van der Waals surface area contributed by atoms with Crippen LogP contribution in [0.3, 0.4) is 0 Å². The quantitative estimate of drug-likeness (QED) is 0.626. The van der Waals surface area contributed by atoms with Gasteiger partial charge in [0.25, 0.3) is 5.91 Å². The van der Waals surface area contributed by atoms with Crippen molar-refractivity contribution >= 4 is 17.9 Å². The van der Waals surface area contributed by atoms with Crippen LogP contribution in [0.5, 0.6) is 0 Å². The number of ether oxygens (including phenoxy) is 1. The molecule has 1 saturated heterocycles. The maximum absolute atomic E-state index is 12.9. The predicted octanol–water partition coefficient (Wildman–Crippen LogP) is 1.88. The van der Waals surface area contributed by atoms with Gasteiger partial charge in [-0.1, -0.05) is 42.4 Å². The number of aromatic nitrogens is 1. The molecule has 0 spiro atoms. The van der Waals surface area contributed by atoms with Gasteiger partial charge in [-0.15, -0.1) is 0 Å². The number of benzene rings is 1. The highest BCUT2D eigenvalue weighted by Crippen LogP contribution is 2.32. The number of urea groups is 1. The Balaban J connectivity index is 1.69. The second-order valence-corrected chi connectivity index (χ2v) is 6.04. The van der Waals surface area contributed by atoms with E-state index in [1.165, 1.54) is 0 Å². The molecule has 136 valence electrons. The van der Waals surface area contributed by atoms with Crippen LogP contribution in [0.2, 0.25) is 0 Å². The summed E-state index contributed by atoms with van der Waals surface area (Å²) in [5.41, 5.74) is -0.0305. The maximum Gasteiger partial charge on any atom is 0.326 e. The van der Waals surface area contributed by atoms with E-state index in [1.807, 2.05) is 6.07 Å². The Bertz CT molecular complexity index is 832. The first-order valence-electron chi connectivity index (χ1n) is 8.23. The van der Waals surface area contributed by atoms with Crippen LogP contribution in [-0.2, 0) is 26.5 Å². The molecule has 1 atom stereocenters. The van der Waals surface area contributed by atoms with Gasteiger partial charge < -0.3 is 14.6 Å². The summed E-state index contributed by atoms with van der Waals surface area (Å²) in [4.78, 5) is 38.1. The lowest BCUT2D eigenvalue weighted by Crippen LogP contribution is -2.43. The Morgan fingerprint density at radius 3 is 2.65 bits per heavy atom. The zero-order chi connectivity index (χ0) is 18.7. The molecule has 1 aromatic heterocycles. The Labute approximate surface area is 150 Å². The molecule has 2 aromatic rings. The molecule has 3 amide bonds. The molecule has 3 rings (SSSR count). The SMILES string of the molecule is CCC1(c2ccccc2)NC(=O)N(CC(=O)OCc2cc(C)on2)C1=O. The summed E-state index contributed by atoms with van der Waals surface area (Å²) in [7, 11) is 0. The fourth-order valence-electron chi connectivity index (χ4n) is 2.95. The normalized spacial score (nSPS) is 19.5. The topological polar surface area (TPSA) is 102 Å². The van der Waals surface area contributed by atoms with Crippen molar-refractivity contribution in [3.05, 3.63) is 53.4 Å². The van der Waals surface area contributed by atoms with Crippen LogP contribution in [0.4, 0.5) is 4.79 Å². The van der Waals surface area contributed by atoms with Crippen LogP contribution in [0, 0.1) is 6.92 Å². The minimum Gasteiger partial charge on any atom is -0.458 e. The summed E-state index contributed by atoms with van der Waals surface area (Å²) in [6, 6.07) is 9.99. The number of hydrogen-bond donors (Lipinski definition) is 1. The van der Waals surface area contributed by atoms with Gasteiger partial charge in [-0.25, -0.2) is 4.79 Å². The minimum atomic E-state index is -1.16. The van der Waals surface area contributed by atoms with Gasteiger partial charge >= 0.3 is 12.0 Å². The molecule has 26 heavy (non-hydrogen) atoms. The van der Waals surface area contributed by atoms with Crippen molar-refractivity contribution in [3.8, 4) is 0 Å². The molecule has 1 unspecified atom stereocenters. The monoisotopic (exact) mass is 357 g/mol. The number of nitrogens with zero attached hydrogens (tertiary/aromatic N) is 2. The van der Waals surface area contributed by atoms with E-state index >= 15 is 0 Å². The highest BCUT2D eigenvalue weighted by Gasteiger charge is 2.51. The molecule has 8 nitrogen and oxygen atoms in total. The standard InChI is InChI=1S/C18H19N3O5/c1-3-18(13-7-5-4-6-8-13)16(23)21(17(24)19-18)10-15(22)25-11-14-9-12(2)26-20-14/h4-9H,3,10-11H2,1-2H3,(H,19,24). The molecular weight excluding hydrogens is 338 g/mol. The fraction of sp³-hybridized carbons (Fsp3) is 0.333. The molecule has 0 aliphatic carbocycles. The van der Waals surface area contributed by atoms with E-state index < -0.39 is 30.0 Å². The first-order chi connectivity index (χ1) is 12.5. The van der Waals surface area contributed by atoms with Gasteiger partial charge in [0.15, 0.2) is 0 Å². The number of carbonyl (C=O) groups is 3. The Morgan fingerprint density at radius 1 is 1.31 bits per heavy atom. The molecule has 0 bridgehead atoms. The third kappa shape index (κ3) is 3.17. The van der Waals surface area contributed by atoms with E-state index in [0.717, 1.165) is 4.90 Å². The minimum absolute atomic E-state index is 0.0859. The fourth-order valence-corrected chi connectivity index (χ4v) is 2.95. The number of imide groups is 1. The van der Waals surface area contributed by atoms with Crippen LogP contribution in [0.1, 0.15) is 30.4 Å². The summed E-state index contributed by atoms with van der Waals surface area (Å²) in [6.45, 7) is 2.98. The smallest absolute Gasteiger partial charge is 0.326 e. The van der Waals surface area contributed by atoms with Crippen LogP contribution in [0.15, 0.2) is 40.9 Å². The van der Waals surface area contributed by atoms with Crippen molar-refractivity contribution in [1.82, 2.24) is 15.4 Å². The molecule has 0 saturated carbocycles. The molecule has 8 heteroatoms. The summed E-state index contributed by atoms with van der Waals surface area (Å²) in [6.07, 6.45) is 0.366. The van der Waals surface area contributed by atoms with E-state index in [0.29, 0.717) is 23.4 Å². The third-order valence-corrected chi connectivity index (χ3v) is 4.32. The molecule has 1 fully saturated rings. The Morgan fingerprint density at radius 2 is 2.04 bits per heavy atom. The van der Waals surface area contributed by atoms with E-state index in [9.17, 15) is 14.4 Å². The van der Waals surface area contributed by atoms with Gasteiger partial charge in [-0.05, 0) is 18.9 Å². The first kappa shape index (κ1) is 17.7. The van der Waals surface area contributed by atoms with Gasteiger partial charge in [-0.3, -0.25) is 14.5 Å². The largest absolute Gasteiger partial charge is 0.458 e. The molecule has 1 aromatic carbocycles. The molecule has 1 N–H and O–H groups in total. The third-order valence-electron chi connectivity index (χ3n) is 4.32. The number of aryl methyl sites for hydroxylation is 1. The van der Waals surface area contributed by atoms with E-state index in [1.54, 1.807) is 44.2 Å². The van der Waals surface area contributed by atoms with Crippen LogP contribution < -0.4 is 5.32 Å². The average Bonchev–Trinajstić information content (AvgIpc) is 3.17. The molecule has 2 heterocycles. The summed E-state index contributed by atoms with van der Waals surface area (Å²) in [5.74, 6) is -0.569. The first-order valence-corrected chi connectivity index (χ1v) is 8.23. The predicted molar refractivity (Wildman–Crippen MR) is 89.7 cm³/mol. The molecular formula is C18H19N3O5. The molecule has 1 aliphatic rings. The number of hydrogen-bond acceptors (Lipinski definition) is 6. The Kier molecular flexibility index (Phi) is 4.75. The summed E-state index contributed by atoms with van der Waals surface area (Å²) < 4.78 is 9.96. The lowest BCUT2D eigenvalue weighted by Gasteiger charge is -2.25. The highest BCUT2D eigenvalue weighted by atomic mass is 16.5. The highest BCUT2D eigenvalue weighted by molar-refractivity contribution is 6.09. The summed E-state index contributed by atoms with van der Waals surface area (Å²) in [5, 5.41) is 6.43. The second-order valence-electron chi connectivity index (χ2n) is 6.04. The maximum atomic E-state index is 12.9. The average molecular weight is 357 g/mol. The number of amides is 3. The van der Waals surface area contributed by atoms with Crippen LogP contribution in [-0.4, -0.2) is 34.5 Å². The zero-order valence-electron chi connectivity index (χ0n) is 14.5. The van der Waals surface area contributed by atoms with Crippen molar-refractivity contribution in [2.45, 2.75) is 32.4 Å². The van der Waals surface area contributed by atoms with Crippen molar-refractivity contribution in [1.29, 1.82) is 0 Å². The van der Waals surface area contributed by atoms with Crippen LogP contribution in [0.25, 0.3) is 0 Å². The van der Waals surface area contributed by atoms with Crippen molar-refractivity contribution in [2.24, 2.45) is 0 Å².